The highest BCUT2D eigenvalue weighted by atomic mass is 32.2. The van der Waals surface area contributed by atoms with Crippen molar-refractivity contribution >= 4 is 9.73 Å². The normalized spacial score (nSPS) is 30.7. The van der Waals surface area contributed by atoms with Crippen LogP contribution in [0.2, 0.25) is 0 Å². The van der Waals surface area contributed by atoms with Crippen molar-refractivity contribution in [1.29, 1.82) is 0 Å². The van der Waals surface area contributed by atoms with Gasteiger partial charge in [-0.2, -0.15) is 0 Å². The summed E-state index contributed by atoms with van der Waals surface area (Å²) in [5.74, 6) is 0.313. The van der Waals surface area contributed by atoms with Gasteiger partial charge in [0, 0.05) is 27.2 Å². The molecule has 1 aliphatic heterocycles. The number of unbranched alkanes of at least 4 members (excludes halogenated alkanes) is 18. The average Bonchev–Trinajstić information content (AvgIpc) is 3.10. The Balaban J connectivity index is 1.39. The van der Waals surface area contributed by atoms with Crippen LogP contribution in [0.4, 0.5) is 8.78 Å². The SMILES string of the molecule is CCCCCCCCCCCCCC[C@@H](O)[C@@H](O)[C@H](COC1OC(CO)C(O)C(O)C1O)N=S(C)(=O)CCCCCCCCCCC12CC(C(F)F)(C1)C2. The van der Waals surface area contributed by atoms with Crippen LogP contribution in [0.15, 0.2) is 4.36 Å². The number of aliphatic hydroxyl groups excluding tert-OH is 6. The van der Waals surface area contributed by atoms with Crippen LogP contribution in [0, 0.1) is 10.8 Å². The minimum Gasteiger partial charge on any atom is -0.394 e. The van der Waals surface area contributed by atoms with Crippen molar-refractivity contribution in [3.05, 3.63) is 0 Å². The Bertz CT molecular complexity index is 1120. The maximum absolute atomic E-state index is 13.6. The summed E-state index contributed by atoms with van der Waals surface area (Å²) in [6, 6.07) is -1.10. The summed E-state index contributed by atoms with van der Waals surface area (Å²) in [5.41, 5.74) is -0.412. The molecule has 1 heterocycles. The van der Waals surface area contributed by atoms with Crippen molar-refractivity contribution in [3.8, 4) is 0 Å². The van der Waals surface area contributed by atoms with Gasteiger partial charge in [-0.3, -0.25) is 4.21 Å². The zero-order chi connectivity index (χ0) is 39.6. The lowest BCUT2D eigenvalue weighted by atomic mass is 9.34. The predicted molar refractivity (Wildman–Crippen MR) is 209 cm³/mol. The first-order valence-corrected chi connectivity index (χ1v) is 23.6. The summed E-state index contributed by atoms with van der Waals surface area (Å²) in [6.07, 6.45) is 15.3. The van der Waals surface area contributed by atoms with Crippen molar-refractivity contribution in [1.82, 2.24) is 0 Å². The molecule has 320 valence electrons. The second-order valence-electron chi connectivity index (χ2n) is 17.4. The summed E-state index contributed by atoms with van der Waals surface area (Å²) in [7, 11) is -2.79. The smallest absolute Gasteiger partial charge is 0.244 e. The van der Waals surface area contributed by atoms with E-state index in [-0.39, 0.29) is 12.0 Å². The molecule has 4 rings (SSSR count). The molecule has 0 spiro atoms. The third-order valence-corrected chi connectivity index (χ3v) is 14.2. The van der Waals surface area contributed by atoms with E-state index in [1.165, 1.54) is 57.6 Å². The summed E-state index contributed by atoms with van der Waals surface area (Å²) < 4.78 is 55.4. The topological polar surface area (TPSA) is 169 Å². The summed E-state index contributed by atoms with van der Waals surface area (Å²) >= 11 is 0. The lowest BCUT2D eigenvalue weighted by Gasteiger charge is -2.70. The van der Waals surface area contributed by atoms with Crippen LogP contribution >= 0.6 is 0 Å². The Hall–Kier alpha value is -0.510. The molecular formula is C41H77F2NO9S. The molecule has 10 nitrogen and oxygen atoms in total. The van der Waals surface area contributed by atoms with E-state index in [2.05, 4.69) is 11.3 Å². The van der Waals surface area contributed by atoms with Crippen LogP contribution in [-0.2, 0) is 19.2 Å². The van der Waals surface area contributed by atoms with E-state index in [1.807, 2.05) is 0 Å². The van der Waals surface area contributed by atoms with Crippen molar-refractivity contribution in [2.45, 2.75) is 223 Å². The number of hydrogen-bond acceptors (Lipinski definition) is 10. The van der Waals surface area contributed by atoms with Gasteiger partial charge >= 0.3 is 0 Å². The van der Waals surface area contributed by atoms with E-state index < -0.39 is 77.1 Å². The molecule has 3 saturated carbocycles. The van der Waals surface area contributed by atoms with Gasteiger partial charge < -0.3 is 40.1 Å². The van der Waals surface area contributed by atoms with Crippen molar-refractivity contribution in [3.63, 3.8) is 0 Å². The van der Waals surface area contributed by atoms with Crippen LogP contribution < -0.4 is 0 Å². The Morgan fingerprint density at radius 1 is 0.759 bits per heavy atom. The standard InChI is InChI=1S/C41H77F2NO9S/c1-3-4-5-6-7-8-9-10-11-14-17-20-23-32(46)34(47)31(27-52-38-37(50)36(49)35(48)33(26-45)53-38)44-54(2,51)25-22-19-16-13-12-15-18-21-24-40-28-41(29-40,30-40)39(42)43/h31-39,45-50H,3-30H2,1-2H3/t31-,32+,33?,34-,35?,36?,37?,38?,40?,41?,54?/m0/s1. The molecule has 0 aromatic rings. The van der Waals surface area contributed by atoms with Crippen molar-refractivity contribution in [2.24, 2.45) is 15.2 Å². The molecule has 6 unspecified atom stereocenters. The van der Waals surface area contributed by atoms with Crippen LogP contribution in [0.3, 0.4) is 0 Å². The number of ether oxygens (including phenoxy) is 2. The zero-order valence-corrected chi connectivity index (χ0v) is 34.3. The first-order chi connectivity index (χ1) is 25.8. The first kappa shape index (κ1) is 47.9. The van der Waals surface area contributed by atoms with Crippen LogP contribution in [0.25, 0.3) is 0 Å². The Kier molecular flexibility index (Phi) is 21.6. The second kappa shape index (κ2) is 24.4. The maximum atomic E-state index is 13.6. The molecule has 0 radical (unpaired) electrons. The Morgan fingerprint density at radius 2 is 1.26 bits per heavy atom. The van der Waals surface area contributed by atoms with Crippen LogP contribution in [0.1, 0.15) is 167 Å². The summed E-state index contributed by atoms with van der Waals surface area (Å²) in [6.45, 7) is 1.25. The molecule has 0 aromatic heterocycles. The fourth-order valence-electron chi connectivity index (χ4n) is 9.06. The van der Waals surface area contributed by atoms with Crippen molar-refractivity contribution in [2.75, 3.05) is 25.2 Å². The van der Waals surface area contributed by atoms with Gasteiger partial charge in [-0.25, -0.2) is 13.1 Å². The lowest BCUT2D eigenvalue weighted by molar-refractivity contribution is -0.302. The minimum atomic E-state index is -2.79. The van der Waals surface area contributed by atoms with Gasteiger partial charge in [0.25, 0.3) is 0 Å². The monoisotopic (exact) mass is 798 g/mol. The van der Waals surface area contributed by atoms with E-state index in [9.17, 15) is 43.6 Å². The molecular weight excluding hydrogens is 721 g/mol. The van der Waals surface area contributed by atoms with Gasteiger partial charge in [0.15, 0.2) is 6.29 Å². The molecule has 2 bridgehead atoms. The van der Waals surface area contributed by atoms with Crippen molar-refractivity contribution < 1.29 is 53.1 Å². The van der Waals surface area contributed by atoms with Gasteiger partial charge in [-0.1, -0.05) is 129 Å². The number of nitrogens with zero attached hydrogens (tertiary/aromatic N) is 1. The molecule has 3 aliphatic carbocycles. The van der Waals surface area contributed by atoms with Gasteiger partial charge in [0.1, 0.15) is 36.6 Å². The number of hydrogen-bond donors (Lipinski definition) is 6. The number of alkyl halides is 2. The molecule has 54 heavy (non-hydrogen) atoms. The number of rotatable bonds is 32. The fourth-order valence-corrected chi connectivity index (χ4v) is 10.7. The first-order valence-electron chi connectivity index (χ1n) is 21.5. The Morgan fingerprint density at radius 3 is 1.78 bits per heavy atom. The highest BCUT2D eigenvalue weighted by Gasteiger charge is 2.70. The molecule has 13 heteroatoms. The van der Waals surface area contributed by atoms with Gasteiger partial charge in [0.05, 0.1) is 19.3 Å². The highest BCUT2D eigenvalue weighted by molar-refractivity contribution is 7.92. The van der Waals surface area contributed by atoms with Crippen LogP contribution in [-0.4, -0.2) is 115 Å². The van der Waals surface area contributed by atoms with Gasteiger partial charge in [-0.05, 0) is 43.9 Å². The maximum Gasteiger partial charge on any atom is 0.244 e. The largest absolute Gasteiger partial charge is 0.394 e. The zero-order valence-electron chi connectivity index (χ0n) is 33.5. The van der Waals surface area contributed by atoms with E-state index in [0.29, 0.717) is 18.6 Å². The van der Waals surface area contributed by atoms with Gasteiger partial charge in [0.2, 0.25) is 6.43 Å². The molecule has 4 fully saturated rings. The van der Waals surface area contributed by atoms with Crippen LogP contribution in [0.5, 0.6) is 0 Å². The third-order valence-electron chi connectivity index (χ3n) is 12.4. The lowest BCUT2D eigenvalue weighted by Crippen LogP contribution is -2.64. The molecule has 9 atom stereocenters. The Labute approximate surface area is 325 Å². The number of halogens is 2. The predicted octanol–water partition coefficient (Wildman–Crippen LogP) is 7.03. The number of aliphatic hydroxyl groups is 6. The van der Waals surface area contributed by atoms with E-state index in [4.69, 9.17) is 9.47 Å². The third kappa shape index (κ3) is 15.3. The average molecular weight is 798 g/mol. The fraction of sp³-hybridized carbons (Fsp3) is 1.00. The van der Waals surface area contributed by atoms with E-state index >= 15 is 0 Å². The molecule has 0 aromatic carbocycles. The molecule has 1 saturated heterocycles. The van der Waals surface area contributed by atoms with E-state index in [0.717, 1.165) is 96.3 Å². The van der Waals surface area contributed by atoms with E-state index in [1.54, 1.807) is 0 Å². The second-order valence-corrected chi connectivity index (χ2v) is 19.9. The highest BCUT2D eigenvalue weighted by Crippen LogP contribution is 2.77. The quantitative estimate of drug-likeness (QED) is 0.0392. The minimum absolute atomic E-state index is 0.222. The molecule has 4 aliphatic rings. The molecule has 6 N–H and O–H groups in total. The molecule has 0 amide bonds. The van der Waals surface area contributed by atoms with Gasteiger partial charge in [-0.15, -0.1) is 0 Å². The summed E-state index contributed by atoms with van der Waals surface area (Å²) in [5, 5.41) is 62.5. The summed E-state index contributed by atoms with van der Waals surface area (Å²) in [4.78, 5) is 0.